The van der Waals surface area contributed by atoms with E-state index in [1.165, 1.54) is 89.9 Å². The summed E-state index contributed by atoms with van der Waals surface area (Å²) in [7, 11) is 0. The van der Waals surface area contributed by atoms with Crippen LogP contribution in [0.1, 0.15) is 116 Å². The minimum atomic E-state index is 0.948. The van der Waals surface area contributed by atoms with Crippen LogP contribution in [0.15, 0.2) is 0 Å². The second kappa shape index (κ2) is 22.6. The summed E-state index contributed by atoms with van der Waals surface area (Å²) in [4.78, 5) is 0. The Balaban J connectivity index is 2.31. The first-order valence-electron chi connectivity index (χ1n) is 11.9. The molecular formula is C30H36. The molecule has 0 fully saturated rings. The number of hydrogen-bond acceptors (Lipinski definition) is 0. The van der Waals surface area contributed by atoms with Gasteiger partial charge in [-0.05, 0) is 73.0 Å². The summed E-state index contributed by atoms with van der Waals surface area (Å²) in [5.41, 5.74) is 0. The molecule has 0 aromatic rings. The Labute approximate surface area is 186 Å². The van der Waals surface area contributed by atoms with Crippen molar-refractivity contribution in [3.8, 4) is 71.0 Å². The molecule has 30 heavy (non-hydrogen) atoms. The third kappa shape index (κ3) is 20.1. The number of hydrogen-bond donors (Lipinski definition) is 0. The van der Waals surface area contributed by atoms with Crippen molar-refractivity contribution in [2.24, 2.45) is 0 Å². The zero-order valence-corrected chi connectivity index (χ0v) is 18.7. The van der Waals surface area contributed by atoms with Gasteiger partial charge in [0.05, 0.1) is 0 Å². The molecule has 0 saturated carbocycles. The zero-order valence-electron chi connectivity index (χ0n) is 18.7. The highest BCUT2D eigenvalue weighted by atomic mass is 14.0. The molecule has 0 bridgehead atoms. The monoisotopic (exact) mass is 396 g/mol. The molecule has 0 heterocycles. The molecule has 0 unspecified atom stereocenters. The van der Waals surface area contributed by atoms with Gasteiger partial charge in [0.15, 0.2) is 0 Å². The molecule has 0 amide bonds. The number of rotatable bonds is 0. The molecule has 0 aromatic carbocycles. The molecule has 0 atom stereocenters. The van der Waals surface area contributed by atoms with E-state index in [1.54, 1.807) is 0 Å². The molecule has 0 radical (unpaired) electrons. The maximum Gasteiger partial charge on any atom is 0.00989 e. The van der Waals surface area contributed by atoms with Gasteiger partial charge in [0.2, 0.25) is 0 Å². The predicted octanol–water partition coefficient (Wildman–Crippen LogP) is 7.04. The standard InChI is InChI=1S/C30H36/c1-2-4-6-8-10-12-14-16-18-20-22-24-26-28-30-29-27-25-23-21-19-17-15-13-11-9-7-5-3-1/h1-9,22-30H2. The van der Waals surface area contributed by atoms with Gasteiger partial charge in [0.1, 0.15) is 0 Å². The Hall–Kier alpha value is -2.64. The Morgan fingerprint density at radius 1 is 0.200 bits per heavy atom. The van der Waals surface area contributed by atoms with Gasteiger partial charge in [-0.25, -0.2) is 0 Å². The Morgan fingerprint density at radius 2 is 0.400 bits per heavy atom. The minimum Gasteiger partial charge on any atom is -0.0891 e. The van der Waals surface area contributed by atoms with Crippen LogP contribution in [0.5, 0.6) is 0 Å². The molecule has 0 nitrogen and oxygen atoms in total. The van der Waals surface area contributed by atoms with Gasteiger partial charge in [-0.2, -0.15) is 0 Å². The van der Waals surface area contributed by atoms with Crippen molar-refractivity contribution in [3.05, 3.63) is 0 Å². The molecule has 0 spiro atoms. The van der Waals surface area contributed by atoms with Crippen LogP contribution in [0.2, 0.25) is 0 Å². The SMILES string of the molecule is C1#CC#CCCCCCCCCCC#CC#CC#CCCCCCCCCCC#C1. The topological polar surface area (TPSA) is 0 Å². The van der Waals surface area contributed by atoms with Crippen molar-refractivity contribution in [1.82, 2.24) is 0 Å². The lowest BCUT2D eigenvalue weighted by molar-refractivity contribution is 0.587. The molecule has 156 valence electrons. The summed E-state index contributed by atoms with van der Waals surface area (Å²) in [5, 5.41) is 0. The highest BCUT2D eigenvalue weighted by Gasteiger charge is 1.91. The van der Waals surface area contributed by atoms with Gasteiger partial charge >= 0.3 is 0 Å². The summed E-state index contributed by atoms with van der Waals surface area (Å²) < 4.78 is 0. The summed E-state index contributed by atoms with van der Waals surface area (Å²) in [6, 6.07) is 0. The van der Waals surface area contributed by atoms with E-state index in [2.05, 4.69) is 71.0 Å². The first kappa shape index (κ1) is 25.4. The van der Waals surface area contributed by atoms with Crippen molar-refractivity contribution >= 4 is 0 Å². The fraction of sp³-hybridized carbons (Fsp3) is 0.600. The fourth-order valence-corrected chi connectivity index (χ4v) is 3.17. The molecule has 0 aromatic heterocycles. The van der Waals surface area contributed by atoms with E-state index in [0.717, 1.165) is 25.7 Å². The summed E-state index contributed by atoms with van der Waals surface area (Å²) in [5.74, 6) is 35.6. The summed E-state index contributed by atoms with van der Waals surface area (Å²) >= 11 is 0. The second-order valence-electron chi connectivity index (χ2n) is 7.66. The van der Waals surface area contributed by atoms with Crippen molar-refractivity contribution in [2.45, 2.75) is 116 Å². The molecule has 1 aliphatic rings. The lowest BCUT2D eigenvalue weighted by atomic mass is 10.1. The Bertz CT molecular complexity index is 667. The van der Waals surface area contributed by atoms with Crippen LogP contribution in [-0.2, 0) is 0 Å². The van der Waals surface area contributed by atoms with Crippen LogP contribution in [0, 0.1) is 71.0 Å². The van der Waals surface area contributed by atoms with Crippen LogP contribution in [0.4, 0.5) is 0 Å². The lowest BCUT2D eigenvalue weighted by Gasteiger charge is -1.98. The molecule has 0 saturated heterocycles. The zero-order chi connectivity index (χ0) is 21.2. The van der Waals surface area contributed by atoms with E-state index in [-0.39, 0.29) is 0 Å². The highest BCUT2D eigenvalue weighted by molar-refractivity contribution is 5.36. The third-order valence-electron chi connectivity index (χ3n) is 4.94. The second-order valence-corrected chi connectivity index (χ2v) is 7.66. The third-order valence-corrected chi connectivity index (χ3v) is 4.94. The van der Waals surface area contributed by atoms with E-state index < -0.39 is 0 Å². The lowest BCUT2D eigenvalue weighted by Crippen LogP contribution is -1.80. The van der Waals surface area contributed by atoms with E-state index in [4.69, 9.17) is 0 Å². The average Bonchev–Trinajstić information content (AvgIpc) is 2.76. The molecule has 1 aliphatic carbocycles. The summed E-state index contributed by atoms with van der Waals surface area (Å²) in [6.07, 6.45) is 21.4. The van der Waals surface area contributed by atoms with Crippen LogP contribution in [-0.4, -0.2) is 0 Å². The van der Waals surface area contributed by atoms with Crippen LogP contribution in [0.3, 0.4) is 0 Å². The van der Waals surface area contributed by atoms with Crippen LogP contribution >= 0.6 is 0 Å². The van der Waals surface area contributed by atoms with E-state index in [0.29, 0.717) is 0 Å². The van der Waals surface area contributed by atoms with Crippen molar-refractivity contribution in [1.29, 1.82) is 0 Å². The average molecular weight is 397 g/mol. The Morgan fingerprint density at radius 3 is 0.633 bits per heavy atom. The quantitative estimate of drug-likeness (QED) is 0.385. The van der Waals surface area contributed by atoms with Crippen LogP contribution < -0.4 is 0 Å². The van der Waals surface area contributed by atoms with Gasteiger partial charge in [0, 0.05) is 25.7 Å². The Kier molecular flexibility index (Phi) is 19.2. The molecule has 1 rings (SSSR count). The van der Waals surface area contributed by atoms with Crippen molar-refractivity contribution < 1.29 is 0 Å². The van der Waals surface area contributed by atoms with E-state index in [9.17, 15) is 0 Å². The van der Waals surface area contributed by atoms with Gasteiger partial charge in [-0.3, -0.25) is 0 Å². The minimum absolute atomic E-state index is 0.948. The maximum absolute atomic E-state index is 3.14. The first-order valence-corrected chi connectivity index (χ1v) is 11.9. The molecule has 0 N–H and O–H groups in total. The van der Waals surface area contributed by atoms with E-state index in [1.807, 2.05) is 0 Å². The fourth-order valence-electron chi connectivity index (χ4n) is 3.17. The highest BCUT2D eigenvalue weighted by Crippen LogP contribution is 2.10. The van der Waals surface area contributed by atoms with Crippen molar-refractivity contribution in [3.63, 3.8) is 0 Å². The predicted molar refractivity (Wildman–Crippen MR) is 130 cm³/mol. The van der Waals surface area contributed by atoms with Gasteiger partial charge < -0.3 is 0 Å². The molecular weight excluding hydrogens is 360 g/mol. The summed E-state index contributed by atoms with van der Waals surface area (Å²) in [6.45, 7) is 0. The molecule has 0 aliphatic heterocycles. The molecule has 0 heteroatoms. The van der Waals surface area contributed by atoms with Gasteiger partial charge in [-0.15, -0.1) is 0 Å². The van der Waals surface area contributed by atoms with Gasteiger partial charge in [0.25, 0.3) is 0 Å². The maximum atomic E-state index is 3.14. The normalized spacial score (nSPS) is 17.6. The smallest absolute Gasteiger partial charge is 0.00989 e. The van der Waals surface area contributed by atoms with E-state index >= 15 is 0 Å². The largest absolute Gasteiger partial charge is 0.0891 e. The first-order chi connectivity index (χ1) is 15.0. The van der Waals surface area contributed by atoms with Crippen LogP contribution in [0.25, 0.3) is 0 Å². The van der Waals surface area contributed by atoms with Gasteiger partial charge in [-0.1, -0.05) is 87.9 Å². The van der Waals surface area contributed by atoms with Crippen molar-refractivity contribution in [2.75, 3.05) is 0 Å².